The fraction of sp³-hybridized carbons (Fsp3) is 0.300. The largest absolute Gasteiger partial charge is 0.508 e. The average Bonchev–Trinajstić information content (AvgIpc) is 2.11. The molecule has 3 nitrogen and oxygen atoms in total. The van der Waals surface area contributed by atoms with Gasteiger partial charge in [0, 0.05) is 0 Å². The highest BCUT2D eigenvalue weighted by Crippen LogP contribution is 2.17. The van der Waals surface area contributed by atoms with Crippen LogP contribution in [0.25, 0.3) is 0 Å². The third-order valence-electron chi connectivity index (χ3n) is 2.03. The molecule has 0 aromatic heterocycles. The quantitative estimate of drug-likeness (QED) is 0.662. The van der Waals surface area contributed by atoms with Crippen LogP contribution >= 0.6 is 12.2 Å². The third-order valence-corrected chi connectivity index (χ3v) is 2.34. The molecule has 0 aliphatic carbocycles. The first kappa shape index (κ1) is 10.9. The van der Waals surface area contributed by atoms with E-state index in [0.29, 0.717) is 6.42 Å². The number of benzene rings is 1. The van der Waals surface area contributed by atoms with E-state index >= 15 is 0 Å². The van der Waals surface area contributed by atoms with Gasteiger partial charge in [-0.15, -0.1) is 0 Å². The van der Waals surface area contributed by atoms with Gasteiger partial charge in [-0.25, -0.2) is 0 Å². The second kappa shape index (κ2) is 4.39. The van der Waals surface area contributed by atoms with Gasteiger partial charge in [0.2, 0.25) is 0 Å². The lowest BCUT2D eigenvalue weighted by atomic mass is 10.0. The van der Waals surface area contributed by atoms with E-state index in [9.17, 15) is 5.11 Å². The Balaban J connectivity index is 2.78. The van der Waals surface area contributed by atoms with Crippen LogP contribution in [0.5, 0.6) is 5.75 Å². The molecular weight excluding hydrogens is 198 g/mol. The van der Waals surface area contributed by atoms with Crippen molar-refractivity contribution in [2.75, 3.05) is 0 Å². The van der Waals surface area contributed by atoms with Gasteiger partial charge in [-0.05, 0) is 42.8 Å². The van der Waals surface area contributed by atoms with Gasteiger partial charge < -0.3 is 15.9 Å². The summed E-state index contributed by atoms with van der Waals surface area (Å²) in [6.45, 7) is 1.81. The summed E-state index contributed by atoms with van der Waals surface area (Å²) in [6, 6.07) is 4.68. The molecule has 0 radical (unpaired) electrons. The smallest absolute Gasteiger partial charge is 0.174 e. The fourth-order valence-electron chi connectivity index (χ4n) is 1.19. The van der Waals surface area contributed by atoms with Gasteiger partial charge in [0.1, 0.15) is 5.75 Å². The zero-order valence-corrected chi connectivity index (χ0v) is 8.71. The number of aliphatic hydroxyl groups excluding tert-OH is 1. The van der Waals surface area contributed by atoms with Gasteiger partial charge in [-0.2, -0.15) is 0 Å². The number of thiocarbonyl (C=S) groups is 1. The normalized spacial score (nSPS) is 12.4. The van der Waals surface area contributed by atoms with Crippen LogP contribution < -0.4 is 5.73 Å². The van der Waals surface area contributed by atoms with Crippen LogP contribution in [-0.4, -0.2) is 21.3 Å². The third kappa shape index (κ3) is 2.68. The Bertz CT molecular complexity index is 352. The number of aromatic hydroxyl groups is 1. The number of hydrogen-bond acceptors (Lipinski definition) is 3. The summed E-state index contributed by atoms with van der Waals surface area (Å²) >= 11 is 4.56. The van der Waals surface area contributed by atoms with Gasteiger partial charge >= 0.3 is 0 Å². The van der Waals surface area contributed by atoms with E-state index in [0.717, 1.165) is 11.1 Å². The van der Waals surface area contributed by atoms with E-state index in [1.807, 2.05) is 13.0 Å². The highest BCUT2D eigenvalue weighted by molar-refractivity contribution is 7.80. The number of nitrogens with two attached hydrogens (primary N) is 1. The van der Waals surface area contributed by atoms with Crippen LogP contribution in [0.4, 0.5) is 0 Å². The van der Waals surface area contributed by atoms with Crippen LogP contribution in [0.2, 0.25) is 0 Å². The molecule has 0 amide bonds. The Labute approximate surface area is 88.2 Å². The van der Waals surface area contributed by atoms with Crippen LogP contribution in [0.3, 0.4) is 0 Å². The lowest BCUT2D eigenvalue weighted by molar-refractivity contribution is 0.470. The standard InChI is InChI=1S/C10H13NO2S/c1-6-4-7(2-3-9(6)12)5-8(11)10(13)14/h2-4,8,12H,5,11H2,1H3,(H,13,14). The minimum absolute atomic E-state index is 0.185. The molecular formula is C10H13NO2S. The zero-order chi connectivity index (χ0) is 10.7. The van der Waals surface area contributed by atoms with E-state index in [4.69, 9.17) is 10.8 Å². The Morgan fingerprint density at radius 2 is 2.21 bits per heavy atom. The number of phenols is 1. The molecule has 0 heterocycles. The average molecular weight is 211 g/mol. The molecule has 0 aliphatic heterocycles. The predicted octanol–water partition coefficient (Wildman–Crippen LogP) is 1.46. The van der Waals surface area contributed by atoms with E-state index in [1.165, 1.54) is 0 Å². The van der Waals surface area contributed by atoms with E-state index in [1.54, 1.807) is 12.1 Å². The predicted molar refractivity (Wildman–Crippen MR) is 59.8 cm³/mol. The monoisotopic (exact) mass is 211 g/mol. The Morgan fingerprint density at radius 1 is 1.57 bits per heavy atom. The van der Waals surface area contributed by atoms with Crippen molar-refractivity contribution in [2.45, 2.75) is 19.4 Å². The maximum atomic E-state index is 9.28. The molecule has 0 fully saturated rings. The molecule has 0 saturated carbocycles. The van der Waals surface area contributed by atoms with Crippen molar-refractivity contribution in [3.05, 3.63) is 29.3 Å². The summed E-state index contributed by atoms with van der Waals surface area (Å²) in [5.41, 5.74) is 7.32. The van der Waals surface area contributed by atoms with Gasteiger partial charge in [0.15, 0.2) is 5.05 Å². The number of aryl methyl sites for hydroxylation is 1. The molecule has 1 rings (SSSR count). The summed E-state index contributed by atoms with van der Waals surface area (Å²) < 4.78 is 0. The molecule has 0 spiro atoms. The lowest BCUT2D eigenvalue weighted by Gasteiger charge is -2.09. The maximum absolute atomic E-state index is 9.28. The van der Waals surface area contributed by atoms with Crippen molar-refractivity contribution < 1.29 is 10.2 Å². The summed E-state index contributed by atoms with van der Waals surface area (Å²) in [7, 11) is 0. The number of aliphatic hydroxyl groups is 1. The molecule has 1 aromatic rings. The van der Waals surface area contributed by atoms with Crippen LogP contribution in [0.1, 0.15) is 11.1 Å². The molecule has 0 bridgehead atoms. The second-order valence-corrected chi connectivity index (χ2v) is 3.69. The Morgan fingerprint density at radius 3 is 2.71 bits per heavy atom. The van der Waals surface area contributed by atoms with Gasteiger partial charge in [-0.1, -0.05) is 12.1 Å². The van der Waals surface area contributed by atoms with Crippen molar-refractivity contribution in [3.8, 4) is 5.75 Å². The first-order valence-corrected chi connectivity index (χ1v) is 4.68. The topological polar surface area (TPSA) is 66.5 Å². The summed E-state index contributed by atoms with van der Waals surface area (Å²) in [5, 5.41) is 18.1. The van der Waals surface area contributed by atoms with Crippen molar-refractivity contribution >= 4 is 17.3 Å². The Kier molecular flexibility index (Phi) is 3.43. The molecule has 4 heteroatoms. The van der Waals surface area contributed by atoms with Crippen LogP contribution in [0.15, 0.2) is 18.2 Å². The SMILES string of the molecule is Cc1cc(CC(N)C(O)=S)ccc1O. The zero-order valence-electron chi connectivity index (χ0n) is 7.90. The number of hydrogen-bond donors (Lipinski definition) is 3. The van der Waals surface area contributed by atoms with E-state index in [2.05, 4.69) is 12.2 Å². The van der Waals surface area contributed by atoms with Crippen molar-refractivity contribution in [2.24, 2.45) is 5.73 Å². The van der Waals surface area contributed by atoms with Crippen molar-refractivity contribution in [1.82, 2.24) is 0 Å². The summed E-state index contributed by atoms with van der Waals surface area (Å²) in [6.07, 6.45) is 0.483. The Hall–Kier alpha value is -1.13. The minimum atomic E-state index is -0.519. The first-order chi connectivity index (χ1) is 6.50. The van der Waals surface area contributed by atoms with E-state index in [-0.39, 0.29) is 10.8 Å². The molecule has 1 unspecified atom stereocenters. The molecule has 1 aromatic carbocycles. The fourth-order valence-corrected chi connectivity index (χ4v) is 1.27. The van der Waals surface area contributed by atoms with Gasteiger partial charge in [0.05, 0.1) is 6.04 Å². The molecule has 4 N–H and O–H groups in total. The highest BCUT2D eigenvalue weighted by Gasteiger charge is 2.08. The minimum Gasteiger partial charge on any atom is -0.508 e. The first-order valence-electron chi connectivity index (χ1n) is 4.27. The van der Waals surface area contributed by atoms with E-state index < -0.39 is 6.04 Å². The van der Waals surface area contributed by atoms with Crippen LogP contribution in [0, 0.1) is 6.92 Å². The number of phenolic OH excluding ortho intramolecular Hbond substituents is 1. The second-order valence-electron chi connectivity index (χ2n) is 3.27. The molecule has 14 heavy (non-hydrogen) atoms. The van der Waals surface area contributed by atoms with Crippen LogP contribution in [-0.2, 0) is 6.42 Å². The summed E-state index contributed by atoms with van der Waals surface area (Å²) in [5.74, 6) is 0.258. The molecule has 0 aliphatic rings. The molecule has 76 valence electrons. The number of rotatable bonds is 3. The van der Waals surface area contributed by atoms with Gasteiger partial charge in [-0.3, -0.25) is 0 Å². The molecule has 0 saturated heterocycles. The summed E-state index contributed by atoms with van der Waals surface area (Å²) in [4.78, 5) is 0. The van der Waals surface area contributed by atoms with Crippen molar-refractivity contribution in [1.29, 1.82) is 0 Å². The highest BCUT2D eigenvalue weighted by atomic mass is 32.1. The lowest BCUT2D eigenvalue weighted by Crippen LogP contribution is -2.30. The maximum Gasteiger partial charge on any atom is 0.174 e. The molecule has 1 atom stereocenters. The van der Waals surface area contributed by atoms with Crippen molar-refractivity contribution in [3.63, 3.8) is 0 Å². The van der Waals surface area contributed by atoms with Gasteiger partial charge in [0.25, 0.3) is 0 Å².